The van der Waals surface area contributed by atoms with E-state index in [0.29, 0.717) is 17.2 Å². The fourth-order valence-electron chi connectivity index (χ4n) is 3.22. The highest BCUT2D eigenvalue weighted by Crippen LogP contribution is 2.22. The number of para-hydroxylation sites is 1. The second-order valence-electron chi connectivity index (χ2n) is 9.82. The monoisotopic (exact) mass is 512 g/mol. The van der Waals surface area contributed by atoms with Crippen molar-refractivity contribution in [1.82, 2.24) is 16.0 Å². The molecule has 37 heavy (non-hydrogen) atoms. The smallest absolute Gasteiger partial charge is 0.315 e. The van der Waals surface area contributed by atoms with Crippen LogP contribution >= 0.6 is 0 Å². The Morgan fingerprint density at radius 2 is 1.54 bits per heavy atom. The van der Waals surface area contributed by atoms with Crippen molar-refractivity contribution in [3.8, 4) is 11.5 Å². The van der Waals surface area contributed by atoms with Crippen molar-refractivity contribution in [1.29, 1.82) is 0 Å². The second kappa shape index (κ2) is 13.9. The number of hydrogen-bond donors (Lipinski definition) is 5. The van der Waals surface area contributed by atoms with E-state index in [-0.39, 0.29) is 31.7 Å². The van der Waals surface area contributed by atoms with Gasteiger partial charge in [-0.1, -0.05) is 25.1 Å². The summed E-state index contributed by atoms with van der Waals surface area (Å²) in [6, 6.07) is 15.3. The zero-order valence-electron chi connectivity index (χ0n) is 21.7. The van der Waals surface area contributed by atoms with Crippen molar-refractivity contribution >= 4 is 29.5 Å². The largest absolute Gasteiger partial charge is 0.481 e. The summed E-state index contributed by atoms with van der Waals surface area (Å²) >= 11 is 0. The summed E-state index contributed by atoms with van der Waals surface area (Å²) in [5, 5.41) is 20.0. The van der Waals surface area contributed by atoms with Gasteiger partial charge in [0.25, 0.3) is 0 Å². The molecule has 0 fully saturated rings. The molecule has 10 nitrogen and oxygen atoms in total. The predicted octanol–water partition coefficient (Wildman–Crippen LogP) is 3.89. The number of hydrogen-bond acceptors (Lipinski definition) is 5. The van der Waals surface area contributed by atoms with Crippen molar-refractivity contribution in [2.45, 2.75) is 58.5 Å². The van der Waals surface area contributed by atoms with Gasteiger partial charge >= 0.3 is 12.0 Å². The number of carboxylic acids is 1. The summed E-state index contributed by atoms with van der Waals surface area (Å²) in [5.74, 6) is -1.26. The molecule has 0 bridgehead atoms. The topological polar surface area (TPSA) is 146 Å². The number of amides is 4. The Morgan fingerprint density at radius 1 is 0.919 bits per heavy atom. The Labute approximate surface area is 217 Å². The van der Waals surface area contributed by atoms with Crippen LogP contribution in [0.2, 0.25) is 0 Å². The lowest BCUT2D eigenvalue weighted by atomic mass is 10.1. The Morgan fingerprint density at radius 3 is 2.14 bits per heavy atom. The number of urea groups is 1. The van der Waals surface area contributed by atoms with E-state index in [0.717, 1.165) is 0 Å². The SMILES string of the molecule is CC(CC(=O)NC[C@@H](CCC(=O)Nc1ccc(Oc2ccccc2)cc1)NC(=O)NC(C)(C)C)C(=O)O. The first-order valence-electron chi connectivity index (χ1n) is 12.1. The summed E-state index contributed by atoms with van der Waals surface area (Å²) in [5.41, 5.74) is 0.124. The van der Waals surface area contributed by atoms with Gasteiger partial charge in [0.05, 0.1) is 5.92 Å². The summed E-state index contributed by atoms with van der Waals surface area (Å²) in [6.07, 6.45) is 0.165. The van der Waals surface area contributed by atoms with E-state index in [1.165, 1.54) is 6.92 Å². The highest BCUT2D eigenvalue weighted by Gasteiger charge is 2.20. The third kappa shape index (κ3) is 11.9. The standard InChI is InChI=1S/C27H36N4O6/c1-18(25(34)35)16-24(33)28-17-20(30-26(36)31-27(2,3)4)12-15-23(32)29-19-10-13-22(14-11-19)37-21-8-6-5-7-9-21/h5-11,13-14,18,20H,12,15-17H2,1-4H3,(H,28,33)(H,29,32)(H,34,35)(H2,30,31,36)/t18?,20-/m1/s1. The fourth-order valence-corrected chi connectivity index (χ4v) is 3.22. The molecule has 5 N–H and O–H groups in total. The molecule has 2 rings (SSSR count). The van der Waals surface area contributed by atoms with Crippen LogP contribution in [-0.4, -0.2) is 47.0 Å². The summed E-state index contributed by atoms with van der Waals surface area (Å²) in [7, 11) is 0. The third-order valence-electron chi connectivity index (χ3n) is 5.12. The van der Waals surface area contributed by atoms with Crippen LogP contribution in [0.1, 0.15) is 47.0 Å². The van der Waals surface area contributed by atoms with Crippen LogP contribution in [0.25, 0.3) is 0 Å². The van der Waals surface area contributed by atoms with Gasteiger partial charge in [-0.3, -0.25) is 14.4 Å². The zero-order chi connectivity index (χ0) is 27.4. The minimum Gasteiger partial charge on any atom is -0.481 e. The third-order valence-corrected chi connectivity index (χ3v) is 5.12. The first-order valence-corrected chi connectivity index (χ1v) is 12.1. The highest BCUT2D eigenvalue weighted by molar-refractivity contribution is 5.90. The number of anilines is 1. The Hall–Kier alpha value is -4.08. The number of benzene rings is 2. The summed E-state index contributed by atoms with van der Waals surface area (Å²) in [6.45, 7) is 7.00. The number of ether oxygens (including phenoxy) is 1. The minimum atomic E-state index is -1.06. The first kappa shape index (κ1) is 29.2. The number of carbonyl (C=O) groups is 4. The summed E-state index contributed by atoms with van der Waals surface area (Å²) < 4.78 is 5.75. The fraction of sp³-hybridized carbons (Fsp3) is 0.407. The lowest BCUT2D eigenvalue weighted by Crippen LogP contribution is -2.52. The predicted molar refractivity (Wildman–Crippen MR) is 140 cm³/mol. The molecule has 1 unspecified atom stereocenters. The molecule has 0 saturated carbocycles. The van der Waals surface area contributed by atoms with E-state index >= 15 is 0 Å². The summed E-state index contributed by atoms with van der Waals surface area (Å²) in [4.78, 5) is 48.0. The average Bonchev–Trinajstić information content (AvgIpc) is 2.81. The van der Waals surface area contributed by atoms with Crippen LogP contribution in [0, 0.1) is 5.92 Å². The van der Waals surface area contributed by atoms with Gasteiger partial charge in [0.2, 0.25) is 11.8 Å². The van der Waals surface area contributed by atoms with Crippen LogP contribution in [0.4, 0.5) is 10.5 Å². The quantitative estimate of drug-likeness (QED) is 0.292. The van der Waals surface area contributed by atoms with Gasteiger partial charge in [-0.05, 0) is 63.6 Å². The van der Waals surface area contributed by atoms with Gasteiger partial charge < -0.3 is 31.1 Å². The van der Waals surface area contributed by atoms with Crippen LogP contribution in [0.5, 0.6) is 11.5 Å². The number of nitrogens with one attached hydrogen (secondary N) is 4. The minimum absolute atomic E-state index is 0.0571. The van der Waals surface area contributed by atoms with Gasteiger partial charge in [0.15, 0.2) is 0 Å². The molecular formula is C27H36N4O6. The molecular weight excluding hydrogens is 476 g/mol. The van der Waals surface area contributed by atoms with Gasteiger partial charge in [0.1, 0.15) is 11.5 Å². The Bertz CT molecular complexity index is 1050. The van der Waals surface area contributed by atoms with E-state index in [1.54, 1.807) is 24.3 Å². The molecule has 0 spiro atoms. The van der Waals surface area contributed by atoms with Gasteiger partial charge in [-0.15, -0.1) is 0 Å². The van der Waals surface area contributed by atoms with Gasteiger partial charge in [-0.2, -0.15) is 0 Å². The number of carbonyl (C=O) groups excluding carboxylic acids is 3. The number of carboxylic acid groups (broad SMARTS) is 1. The number of aliphatic carboxylic acids is 1. The van der Waals surface area contributed by atoms with E-state index < -0.39 is 35.4 Å². The first-order chi connectivity index (χ1) is 17.4. The molecule has 200 valence electrons. The molecule has 0 aromatic heterocycles. The Balaban J connectivity index is 1.90. The van der Waals surface area contributed by atoms with Crippen molar-refractivity contribution in [2.24, 2.45) is 5.92 Å². The highest BCUT2D eigenvalue weighted by atomic mass is 16.5. The van der Waals surface area contributed by atoms with Crippen LogP contribution in [0.15, 0.2) is 54.6 Å². The Kier molecular flexibility index (Phi) is 10.9. The van der Waals surface area contributed by atoms with Crippen LogP contribution < -0.4 is 26.0 Å². The van der Waals surface area contributed by atoms with Gasteiger partial charge in [-0.25, -0.2) is 4.79 Å². The van der Waals surface area contributed by atoms with Gasteiger partial charge in [0, 0.05) is 36.7 Å². The molecule has 0 aliphatic heterocycles. The second-order valence-corrected chi connectivity index (χ2v) is 9.82. The molecule has 0 aliphatic rings. The molecule has 10 heteroatoms. The van der Waals surface area contributed by atoms with E-state index in [4.69, 9.17) is 9.84 Å². The lowest BCUT2D eigenvalue weighted by Gasteiger charge is -2.25. The normalized spacial score (nSPS) is 12.5. The average molecular weight is 513 g/mol. The maximum absolute atomic E-state index is 12.5. The molecule has 2 aromatic rings. The molecule has 0 radical (unpaired) electrons. The molecule has 0 aliphatic carbocycles. The molecule has 4 amide bonds. The molecule has 0 saturated heterocycles. The molecule has 2 atom stereocenters. The number of rotatable bonds is 12. The van der Waals surface area contributed by atoms with Crippen LogP contribution in [0.3, 0.4) is 0 Å². The lowest BCUT2D eigenvalue weighted by molar-refractivity contribution is -0.143. The van der Waals surface area contributed by atoms with E-state index in [2.05, 4.69) is 21.3 Å². The van der Waals surface area contributed by atoms with Crippen molar-refractivity contribution in [3.63, 3.8) is 0 Å². The molecule has 2 aromatic carbocycles. The maximum atomic E-state index is 12.5. The maximum Gasteiger partial charge on any atom is 0.315 e. The van der Waals surface area contributed by atoms with Crippen molar-refractivity contribution < 1.29 is 29.0 Å². The van der Waals surface area contributed by atoms with Crippen molar-refractivity contribution in [2.75, 3.05) is 11.9 Å². The van der Waals surface area contributed by atoms with Crippen molar-refractivity contribution in [3.05, 3.63) is 54.6 Å². The van der Waals surface area contributed by atoms with E-state index in [9.17, 15) is 19.2 Å². The van der Waals surface area contributed by atoms with Crippen LogP contribution in [-0.2, 0) is 14.4 Å². The molecule has 0 heterocycles. The van der Waals surface area contributed by atoms with E-state index in [1.807, 2.05) is 51.1 Å². The zero-order valence-corrected chi connectivity index (χ0v) is 21.7.